The number of halogens is 1. The van der Waals surface area contributed by atoms with Crippen LogP contribution in [0, 0.1) is 0 Å². The maximum absolute atomic E-state index is 13.0. The monoisotopic (exact) mass is 497 g/mol. The van der Waals surface area contributed by atoms with E-state index in [9.17, 15) is 4.79 Å². The first-order chi connectivity index (χ1) is 16.5. The van der Waals surface area contributed by atoms with Gasteiger partial charge in [-0.1, -0.05) is 29.8 Å². The van der Waals surface area contributed by atoms with E-state index in [0.717, 1.165) is 60.1 Å². The first kappa shape index (κ1) is 23.1. The fourth-order valence-corrected chi connectivity index (χ4v) is 5.49. The number of thiazole rings is 1. The zero-order chi connectivity index (χ0) is 23.5. The van der Waals surface area contributed by atoms with Gasteiger partial charge in [0, 0.05) is 35.5 Å². The number of amides is 1. The van der Waals surface area contributed by atoms with Gasteiger partial charge in [-0.15, -0.1) is 11.3 Å². The molecule has 3 heterocycles. The van der Waals surface area contributed by atoms with Gasteiger partial charge in [0.25, 0.3) is 0 Å². The van der Waals surface area contributed by atoms with Crippen molar-refractivity contribution in [3.05, 3.63) is 75.2 Å². The smallest absolute Gasteiger partial charge is 0.226 e. The van der Waals surface area contributed by atoms with Gasteiger partial charge in [0.15, 0.2) is 0 Å². The molecule has 2 aromatic carbocycles. The molecule has 6 nitrogen and oxygen atoms in total. The Balaban J connectivity index is 1.21. The number of carbonyl (C=O) groups excluding carboxylic acids is 1. The van der Waals surface area contributed by atoms with E-state index in [1.54, 1.807) is 12.1 Å². The van der Waals surface area contributed by atoms with Crippen LogP contribution in [0.2, 0.25) is 5.02 Å². The van der Waals surface area contributed by atoms with Gasteiger partial charge in [-0.2, -0.15) is 0 Å². The number of carbonyl (C=O) groups is 1. The summed E-state index contributed by atoms with van der Waals surface area (Å²) in [6.45, 7) is 2.36. The summed E-state index contributed by atoms with van der Waals surface area (Å²) in [4.78, 5) is 19.9. The van der Waals surface area contributed by atoms with Crippen LogP contribution in [0.4, 0.5) is 0 Å². The minimum Gasteiger partial charge on any atom is -0.487 e. The lowest BCUT2D eigenvalue weighted by atomic mass is 9.80. The number of rotatable bonds is 6. The molecule has 0 aliphatic carbocycles. The minimum atomic E-state index is -0.217. The van der Waals surface area contributed by atoms with E-state index < -0.39 is 0 Å². The van der Waals surface area contributed by atoms with Crippen LogP contribution in [0.25, 0.3) is 0 Å². The predicted octanol–water partition coefficient (Wildman–Crippen LogP) is 5.02. The van der Waals surface area contributed by atoms with Gasteiger partial charge >= 0.3 is 0 Å². The van der Waals surface area contributed by atoms with Crippen LogP contribution < -0.4 is 14.8 Å². The van der Waals surface area contributed by atoms with Crippen molar-refractivity contribution in [3.63, 3.8) is 0 Å². The Kier molecular flexibility index (Phi) is 6.77. The molecule has 0 bridgehead atoms. The largest absolute Gasteiger partial charge is 0.487 e. The van der Waals surface area contributed by atoms with Crippen LogP contribution in [0.3, 0.4) is 0 Å². The van der Waals surface area contributed by atoms with Crippen LogP contribution >= 0.6 is 22.9 Å². The van der Waals surface area contributed by atoms with Gasteiger partial charge in [-0.3, -0.25) is 4.79 Å². The molecule has 2 aliphatic rings. The highest BCUT2D eigenvalue weighted by molar-refractivity contribution is 7.09. The number of para-hydroxylation sites is 1. The minimum absolute atomic E-state index is 0.0275. The Morgan fingerprint density at radius 1 is 1.24 bits per heavy atom. The molecule has 2 aliphatic heterocycles. The van der Waals surface area contributed by atoms with Gasteiger partial charge < -0.3 is 19.7 Å². The fraction of sp³-hybridized carbons (Fsp3) is 0.385. The second kappa shape index (κ2) is 9.94. The van der Waals surface area contributed by atoms with Crippen LogP contribution in [0.5, 0.6) is 11.5 Å². The molecule has 1 spiro atoms. The maximum atomic E-state index is 13.0. The van der Waals surface area contributed by atoms with E-state index in [1.165, 1.54) is 11.3 Å². The Hall–Kier alpha value is -2.61. The maximum Gasteiger partial charge on any atom is 0.226 e. The van der Waals surface area contributed by atoms with Crippen molar-refractivity contribution in [2.75, 3.05) is 20.1 Å². The first-order valence-corrected chi connectivity index (χ1v) is 12.8. The molecule has 1 fully saturated rings. The lowest BCUT2D eigenvalue weighted by Gasteiger charge is -2.46. The van der Waals surface area contributed by atoms with E-state index in [4.69, 9.17) is 21.1 Å². The molecule has 1 atom stereocenters. The summed E-state index contributed by atoms with van der Waals surface area (Å²) in [5, 5.41) is 6.70. The van der Waals surface area contributed by atoms with E-state index in [0.29, 0.717) is 11.6 Å². The molecule has 1 amide bonds. The van der Waals surface area contributed by atoms with Crippen LogP contribution in [0.15, 0.2) is 53.9 Å². The molecule has 34 heavy (non-hydrogen) atoms. The molecule has 1 saturated heterocycles. The third kappa shape index (κ3) is 5.37. The number of likely N-dealkylation sites (tertiary alicyclic amines) is 1. The molecular formula is C26H28ClN3O3S. The van der Waals surface area contributed by atoms with Crippen molar-refractivity contribution < 1.29 is 14.3 Å². The number of nitrogens with zero attached hydrogens (tertiary/aromatic N) is 2. The zero-order valence-corrected chi connectivity index (χ0v) is 20.7. The number of aromatic nitrogens is 1. The van der Waals surface area contributed by atoms with Crippen molar-refractivity contribution in [2.45, 2.75) is 43.9 Å². The quantitative estimate of drug-likeness (QED) is 0.518. The van der Waals surface area contributed by atoms with Crippen molar-refractivity contribution in [2.24, 2.45) is 0 Å². The average molecular weight is 498 g/mol. The first-order valence-electron chi connectivity index (χ1n) is 11.6. The number of ether oxygens (including phenoxy) is 2. The third-order valence-electron chi connectivity index (χ3n) is 6.55. The third-order valence-corrected chi connectivity index (χ3v) is 7.67. The summed E-state index contributed by atoms with van der Waals surface area (Å²) >= 11 is 7.41. The highest BCUT2D eigenvalue weighted by atomic mass is 35.5. The average Bonchev–Trinajstić information content (AvgIpc) is 3.28. The number of fused-ring (bicyclic) bond motifs is 1. The second-order valence-electron chi connectivity index (χ2n) is 9.10. The lowest BCUT2D eigenvalue weighted by molar-refractivity contribution is -0.122. The molecule has 5 rings (SSSR count). The van der Waals surface area contributed by atoms with Crippen LogP contribution in [-0.2, 0) is 17.8 Å². The molecule has 0 saturated carbocycles. The zero-order valence-electron chi connectivity index (χ0n) is 19.1. The summed E-state index contributed by atoms with van der Waals surface area (Å²) in [5.74, 6) is 1.60. The van der Waals surface area contributed by atoms with Crippen LogP contribution in [0.1, 0.15) is 41.6 Å². The number of nitrogens with one attached hydrogen (secondary N) is 1. The Morgan fingerprint density at radius 2 is 2.00 bits per heavy atom. The Labute approximate surface area is 208 Å². The molecule has 8 heteroatoms. The molecular weight excluding hydrogens is 470 g/mol. The Morgan fingerprint density at radius 3 is 2.79 bits per heavy atom. The van der Waals surface area contributed by atoms with E-state index in [1.807, 2.05) is 35.7 Å². The van der Waals surface area contributed by atoms with Gasteiger partial charge in [0.2, 0.25) is 5.91 Å². The predicted molar refractivity (Wildman–Crippen MR) is 134 cm³/mol. The fourth-order valence-electron chi connectivity index (χ4n) is 4.66. The van der Waals surface area contributed by atoms with Crippen LogP contribution in [-0.4, -0.2) is 41.5 Å². The van der Waals surface area contributed by atoms with Gasteiger partial charge in [0.05, 0.1) is 18.2 Å². The van der Waals surface area contributed by atoms with E-state index >= 15 is 0 Å². The number of piperidine rings is 1. The summed E-state index contributed by atoms with van der Waals surface area (Å²) in [6.07, 6.45) is 2.97. The molecule has 178 valence electrons. The molecule has 3 aromatic rings. The topological polar surface area (TPSA) is 63.7 Å². The normalized spacial score (nSPS) is 19.3. The van der Waals surface area contributed by atoms with E-state index in [2.05, 4.69) is 28.3 Å². The summed E-state index contributed by atoms with van der Waals surface area (Å²) in [6, 6.07) is 15.2. The number of hydrogen-bond donors (Lipinski definition) is 1. The van der Waals surface area contributed by atoms with Crippen molar-refractivity contribution in [3.8, 4) is 11.5 Å². The Bertz CT molecular complexity index is 1140. The van der Waals surface area contributed by atoms with Crippen molar-refractivity contribution in [1.29, 1.82) is 0 Å². The molecule has 1 aromatic heterocycles. The molecule has 1 unspecified atom stereocenters. The molecule has 1 N–H and O–H groups in total. The summed E-state index contributed by atoms with van der Waals surface area (Å²) in [7, 11) is 2.14. The lowest BCUT2D eigenvalue weighted by Crippen LogP contribution is -2.51. The van der Waals surface area contributed by atoms with Crippen molar-refractivity contribution >= 4 is 28.8 Å². The van der Waals surface area contributed by atoms with Gasteiger partial charge in [0.1, 0.15) is 28.7 Å². The molecule has 0 radical (unpaired) electrons. The van der Waals surface area contributed by atoms with Gasteiger partial charge in [-0.05, 0) is 50.2 Å². The van der Waals surface area contributed by atoms with Gasteiger partial charge in [-0.25, -0.2) is 4.98 Å². The highest BCUT2D eigenvalue weighted by Crippen LogP contribution is 2.44. The van der Waals surface area contributed by atoms with Crippen molar-refractivity contribution in [1.82, 2.24) is 15.2 Å². The highest BCUT2D eigenvalue weighted by Gasteiger charge is 2.43. The van der Waals surface area contributed by atoms with E-state index in [-0.39, 0.29) is 24.0 Å². The number of hydrogen-bond acceptors (Lipinski definition) is 6. The summed E-state index contributed by atoms with van der Waals surface area (Å²) in [5.41, 5.74) is 1.59. The SMILES string of the molecule is CN1CCC2(CC1)CC(NC(=O)Cc1csc(COc3ccc(Cl)cc3)n1)c1ccccc1O2. The standard InChI is InChI=1S/C26H28ClN3O3S/c1-30-12-10-26(11-13-30)15-22(21-4-2-3-5-23(21)33-26)29-24(31)14-19-17-34-25(28-19)16-32-20-8-6-18(27)7-9-20/h2-9,17,22H,10-16H2,1H3,(H,29,31). The summed E-state index contributed by atoms with van der Waals surface area (Å²) < 4.78 is 12.3. The number of benzene rings is 2. The second-order valence-corrected chi connectivity index (χ2v) is 10.5.